The third-order valence-electron chi connectivity index (χ3n) is 4.57. The van der Waals surface area contributed by atoms with Crippen molar-refractivity contribution in [2.45, 2.75) is 65.6 Å². The minimum absolute atomic E-state index is 0.0859. The lowest BCUT2D eigenvalue weighted by molar-refractivity contribution is -0.114. The van der Waals surface area contributed by atoms with E-state index < -0.39 is 0 Å². The van der Waals surface area contributed by atoms with Gasteiger partial charge in [0.05, 0.1) is 0 Å². The van der Waals surface area contributed by atoms with Crippen molar-refractivity contribution in [3.05, 3.63) is 48.6 Å². The van der Waals surface area contributed by atoms with Crippen LogP contribution in [-0.4, -0.2) is 62.3 Å². The Hall–Kier alpha value is -2.18. The van der Waals surface area contributed by atoms with Crippen LogP contribution in [0.4, 0.5) is 4.79 Å². The fourth-order valence-corrected chi connectivity index (χ4v) is 2.76. The number of ketones is 1. The molecule has 0 aromatic rings. The monoisotopic (exact) mass is 434 g/mol. The highest BCUT2D eigenvalue weighted by Gasteiger charge is 2.16. The Bertz CT molecular complexity index is 611. The van der Waals surface area contributed by atoms with Crippen molar-refractivity contribution in [1.82, 2.24) is 10.2 Å². The normalized spacial score (nSPS) is 14.0. The minimum Gasteiger partial charge on any atom is -0.374 e. The average Bonchev–Trinajstić information content (AvgIpc) is 2.76. The molecule has 0 bridgehead atoms. The molecule has 31 heavy (non-hydrogen) atoms. The van der Waals surface area contributed by atoms with Crippen molar-refractivity contribution in [2.75, 3.05) is 33.4 Å². The summed E-state index contributed by atoms with van der Waals surface area (Å²) >= 11 is 0. The minimum atomic E-state index is -0.249. The van der Waals surface area contributed by atoms with Gasteiger partial charge in [0, 0.05) is 39.8 Å². The van der Waals surface area contributed by atoms with Crippen molar-refractivity contribution >= 4 is 11.8 Å². The Morgan fingerprint density at radius 2 is 1.90 bits per heavy atom. The summed E-state index contributed by atoms with van der Waals surface area (Å²) in [7, 11) is 1.63. The van der Waals surface area contributed by atoms with Crippen LogP contribution in [0.25, 0.3) is 0 Å². The van der Waals surface area contributed by atoms with Gasteiger partial charge in [0.25, 0.3) is 0 Å². The summed E-state index contributed by atoms with van der Waals surface area (Å²) in [6.45, 7) is 14.0. The molecule has 0 saturated carbocycles. The number of allylic oxidation sites excluding steroid dienone is 3. The molecule has 1 N–H and O–H groups in total. The zero-order chi connectivity index (χ0) is 23.5. The predicted octanol–water partition coefficient (Wildman–Crippen LogP) is 4.83. The molecule has 176 valence electrons. The summed E-state index contributed by atoms with van der Waals surface area (Å²) in [5, 5.41) is 2.92. The molecule has 0 heterocycles. The van der Waals surface area contributed by atoms with Gasteiger partial charge in [0.15, 0.2) is 5.78 Å². The molecule has 0 aliphatic carbocycles. The number of nitrogens with one attached hydrogen (secondary N) is 1. The van der Waals surface area contributed by atoms with Gasteiger partial charge < -0.3 is 19.7 Å². The number of unbranched alkanes of at least 4 members (excludes halogenated alkanes) is 1. The molecule has 0 aromatic heterocycles. The van der Waals surface area contributed by atoms with Gasteiger partial charge in [-0.1, -0.05) is 63.1 Å². The van der Waals surface area contributed by atoms with Gasteiger partial charge in [-0.05, 0) is 25.8 Å². The highest BCUT2D eigenvalue weighted by molar-refractivity contribution is 5.89. The molecule has 6 nitrogen and oxygen atoms in total. The van der Waals surface area contributed by atoms with Crippen LogP contribution >= 0.6 is 0 Å². The van der Waals surface area contributed by atoms with Crippen LogP contribution in [0.3, 0.4) is 0 Å². The van der Waals surface area contributed by atoms with E-state index in [0.717, 1.165) is 24.8 Å². The smallest absolute Gasteiger partial charge is 0.317 e. The number of carbonyl (C=O) groups is 2. The van der Waals surface area contributed by atoms with E-state index in [1.165, 1.54) is 0 Å². The van der Waals surface area contributed by atoms with Gasteiger partial charge in [-0.25, -0.2) is 4.79 Å². The number of amides is 2. The van der Waals surface area contributed by atoms with E-state index in [1.807, 2.05) is 39.0 Å². The van der Waals surface area contributed by atoms with Crippen molar-refractivity contribution in [3.63, 3.8) is 0 Å². The van der Waals surface area contributed by atoms with Gasteiger partial charge in [-0.2, -0.15) is 0 Å². The number of nitrogens with zero attached hydrogens (tertiary/aromatic N) is 1. The SMILES string of the molecule is C=CC(OCCCC)C(/C=C\CNC(=O)N(CCC)C/C(C)=C/C=C/C(=O)CC)OC. The maximum Gasteiger partial charge on any atom is 0.317 e. The molecular formula is C25H42N2O4. The van der Waals surface area contributed by atoms with Gasteiger partial charge in [0.2, 0.25) is 0 Å². The lowest BCUT2D eigenvalue weighted by Gasteiger charge is -2.23. The lowest BCUT2D eigenvalue weighted by atomic mass is 10.2. The Balaban J connectivity index is 4.73. The number of urea groups is 1. The summed E-state index contributed by atoms with van der Waals surface area (Å²) in [5.74, 6) is 0.0859. The maximum atomic E-state index is 12.6. The first kappa shape index (κ1) is 28.8. The highest BCUT2D eigenvalue weighted by Crippen LogP contribution is 2.08. The van der Waals surface area contributed by atoms with Crippen LogP contribution in [0.1, 0.15) is 53.4 Å². The number of hydrogen-bond acceptors (Lipinski definition) is 4. The molecule has 0 aliphatic rings. The summed E-state index contributed by atoms with van der Waals surface area (Å²) in [6, 6.07) is -0.124. The highest BCUT2D eigenvalue weighted by atomic mass is 16.5. The second-order valence-corrected chi connectivity index (χ2v) is 7.35. The number of carbonyl (C=O) groups excluding carboxylic acids is 2. The van der Waals surface area contributed by atoms with E-state index >= 15 is 0 Å². The lowest BCUT2D eigenvalue weighted by Crippen LogP contribution is -2.41. The van der Waals surface area contributed by atoms with E-state index in [0.29, 0.717) is 32.7 Å². The molecule has 2 amide bonds. The first-order valence-electron chi connectivity index (χ1n) is 11.3. The molecule has 0 radical (unpaired) electrons. The zero-order valence-corrected chi connectivity index (χ0v) is 20.1. The fourth-order valence-electron chi connectivity index (χ4n) is 2.76. The molecule has 0 saturated heterocycles. The van der Waals surface area contributed by atoms with Crippen LogP contribution in [0.15, 0.2) is 48.6 Å². The largest absolute Gasteiger partial charge is 0.374 e. The number of rotatable bonds is 17. The number of ether oxygens (including phenoxy) is 2. The second kappa shape index (κ2) is 18.6. The van der Waals surface area contributed by atoms with Crippen molar-refractivity contribution in [1.29, 1.82) is 0 Å². The molecule has 0 spiro atoms. The van der Waals surface area contributed by atoms with Gasteiger partial charge >= 0.3 is 6.03 Å². The number of methoxy groups -OCH3 is 1. The first-order valence-corrected chi connectivity index (χ1v) is 11.3. The Morgan fingerprint density at radius 1 is 1.16 bits per heavy atom. The van der Waals surface area contributed by atoms with Crippen molar-refractivity contribution in [2.24, 2.45) is 0 Å². The van der Waals surface area contributed by atoms with Crippen molar-refractivity contribution in [3.8, 4) is 0 Å². The van der Waals surface area contributed by atoms with Gasteiger partial charge in [-0.15, -0.1) is 6.58 Å². The van der Waals surface area contributed by atoms with E-state index in [4.69, 9.17) is 9.47 Å². The standard InChI is InChI=1S/C25H42N2O4/c1-7-11-19-31-23(10-4)24(30-6)16-13-17-26-25(29)27(18-8-2)20-21(5)14-12-15-22(28)9-3/h10,12-16,23-24H,4,7-9,11,17-20H2,1-3,5-6H3,(H,26,29)/b15-12+,16-13-,21-14+. The quantitative estimate of drug-likeness (QED) is 0.154. The topological polar surface area (TPSA) is 67.9 Å². The molecule has 0 aromatic carbocycles. The maximum absolute atomic E-state index is 12.6. The fraction of sp³-hybridized carbons (Fsp3) is 0.600. The van der Waals surface area contributed by atoms with E-state index in [1.54, 1.807) is 30.2 Å². The Labute approximate surface area is 189 Å². The van der Waals surface area contributed by atoms with Crippen molar-refractivity contribution < 1.29 is 19.1 Å². The molecule has 0 fully saturated rings. The molecule has 6 heteroatoms. The van der Waals surface area contributed by atoms with Crippen LogP contribution in [-0.2, 0) is 14.3 Å². The van der Waals surface area contributed by atoms with Crippen LogP contribution < -0.4 is 5.32 Å². The van der Waals surface area contributed by atoms with Gasteiger partial charge in [-0.3, -0.25) is 4.79 Å². The van der Waals surface area contributed by atoms with Crippen LogP contribution in [0.2, 0.25) is 0 Å². The van der Waals surface area contributed by atoms with E-state index in [-0.39, 0.29) is 24.0 Å². The summed E-state index contributed by atoms with van der Waals surface area (Å²) < 4.78 is 11.3. The van der Waals surface area contributed by atoms with Crippen LogP contribution in [0.5, 0.6) is 0 Å². The summed E-state index contributed by atoms with van der Waals surface area (Å²) in [5.41, 5.74) is 1.01. The number of hydrogen-bond donors (Lipinski definition) is 1. The molecular weight excluding hydrogens is 392 g/mol. The summed E-state index contributed by atoms with van der Waals surface area (Å²) in [4.78, 5) is 25.7. The molecule has 0 rings (SSSR count). The second-order valence-electron chi connectivity index (χ2n) is 7.35. The zero-order valence-electron chi connectivity index (χ0n) is 20.1. The first-order chi connectivity index (χ1) is 14.9. The third-order valence-corrected chi connectivity index (χ3v) is 4.57. The van der Waals surface area contributed by atoms with Crippen LogP contribution in [0, 0.1) is 0 Å². The predicted molar refractivity (Wildman–Crippen MR) is 128 cm³/mol. The molecule has 0 aliphatic heterocycles. The third kappa shape index (κ3) is 13.7. The average molecular weight is 435 g/mol. The summed E-state index contributed by atoms with van der Waals surface area (Å²) in [6.07, 6.45) is 13.6. The van der Waals surface area contributed by atoms with Gasteiger partial charge in [0.1, 0.15) is 12.2 Å². The van der Waals surface area contributed by atoms with E-state index in [9.17, 15) is 9.59 Å². The Morgan fingerprint density at radius 3 is 2.48 bits per heavy atom. The molecule has 2 atom stereocenters. The molecule has 2 unspecified atom stereocenters. The Kier molecular flexibility index (Phi) is 17.3. The van der Waals surface area contributed by atoms with E-state index in [2.05, 4.69) is 18.8 Å².